The molecule has 0 radical (unpaired) electrons. The average molecular weight is 258 g/mol. The maximum Gasteiger partial charge on any atom is 0.321 e. The van der Waals surface area contributed by atoms with Crippen molar-refractivity contribution >= 4 is 11.9 Å². The van der Waals surface area contributed by atoms with Crippen LogP contribution in [-0.2, 0) is 11.3 Å². The number of amides is 3. The molecule has 0 bridgehead atoms. The molecule has 0 atom stereocenters. The van der Waals surface area contributed by atoms with Gasteiger partial charge in [-0.1, -0.05) is 30.3 Å². The van der Waals surface area contributed by atoms with Crippen molar-refractivity contribution in [3.05, 3.63) is 42.7 Å². The fourth-order valence-electron chi connectivity index (χ4n) is 1.61. The van der Waals surface area contributed by atoms with Gasteiger partial charge in [0.25, 0.3) is 0 Å². The molecule has 0 saturated heterocycles. The number of benzene rings is 1. The minimum Gasteiger partial charge on any atom is -0.341 e. The second-order valence-electron chi connectivity index (χ2n) is 3.92. The van der Waals surface area contributed by atoms with E-state index < -0.39 is 11.9 Å². The largest absolute Gasteiger partial charge is 0.341 e. The first kappa shape index (κ1) is 12.8. The van der Waals surface area contributed by atoms with Gasteiger partial charge in [0.2, 0.25) is 5.91 Å². The molecule has 2 N–H and O–H groups in total. The average Bonchev–Trinajstić information content (AvgIpc) is 2.88. The lowest BCUT2D eigenvalue weighted by molar-refractivity contribution is -0.120. The number of nitrogens with zero attached hydrogens (tertiary/aromatic N) is 2. The van der Waals surface area contributed by atoms with E-state index in [4.69, 9.17) is 0 Å². The number of aromatic nitrogens is 2. The Kier molecular flexibility index (Phi) is 3.92. The van der Waals surface area contributed by atoms with Crippen molar-refractivity contribution in [1.82, 2.24) is 20.4 Å². The SMILES string of the molecule is CNC(=O)NC(=O)Cn1cc(-c2ccccc2)cn1. The van der Waals surface area contributed by atoms with Crippen LogP contribution in [0.5, 0.6) is 0 Å². The molecule has 98 valence electrons. The summed E-state index contributed by atoms with van der Waals surface area (Å²) >= 11 is 0. The molecule has 3 amide bonds. The van der Waals surface area contributed by atoms with Crippen molar-refractivity contribution < 1.29 is 9.59 Å². The molecule has 2 aromatic rings. The Morgan fingerprint density at radius 3 is 2.63 bits per heavy atom. The molecule has 0 spiro atoms. The van der Waals surface area contributed by atoms with Crippen LogP contribution < -0.4 is 10.6 Å². The molecule has 2 rings (SSSR count). The van der Waals surface area contributed by atoms with E-state index in [0.29, 0.717) is 0 Å². The number of carbonyl (C=O) groups excluding carboxylic acids is 2. The quantitative estimate of drug-likeness (QED) is 0.862. The van der Waals surface area contributed by atoms with Crippen LogP contribution in [0.3, 0.4) is 0 Å². The van der Waals surface area contributed by atoms with Crippen molar-refractivity contribution in [2.45, 2.75) is 6.54 Å². The highest BCUT2D eigenvalue weighted by Gasteiger charge is 2.08. The molecule has 1 heterocycles. The van der Waals surface area contributed by atoms with E-state index in [1.807, 2.05) is 30.3 Å². The van der Waals surface area contributed by atoms with Gasteiger partial charge in [-0.3, -0.25) is 14.8 Å². The Labute approximate surface area is 110 Å². The molecule has 0 saturated carbocycles. The predicted octanol–water partition coefficient (Wildman–Crippen LogP) is 1.01. The van der Waals surface area contributed by atoms with Crippen LogP contribution in [0.4, 0.5) is 4.79 Å². The second kappa shape index (κ2) is 5.81. The lowest BCUT2D eigenvalue weighted by atomic mass is 10.1. The molecular weight excluding hydrogens is 244 g/mol. The van der Waals surface area contributed by atoms with Gasteiger partial charge in [-0.05, 0) is 5.56 Å². The molecule has 19 heavy (non-hydrogen) atoms. The topological polar surface area (TPSA) is 76.0 Å². The normalized spacial score (nSPS) is 9.95. The maximum atomic E-state index is 11.5. The van der Waals surface area contributed by atoms with E-state index in [-0.39, 0.29) is 6.54 Å². The van der Waals surface area contributed by atoms with Gasteiger partial charge in [0, 0.05) is 18.8 Å². The third kappa shape index (κ3) is 3.41. The van der Waals surface area contributed by atoms with Crippen LogP contribution in [0.1, 0.15) is 0 Å². The summed E-state index contributed by atoms with van der Waals surface area (Å²) in [6.45, 7) is 0.000252. The smallest absolute Gasteiger partial charge is 0.321 e. The van der Waals surface area contributed by atoms with Gasteiger partial charge in [-0.2, -0.15) is 5.10 Å². The maximum absolute atomic E-state index is 11.5. The minimum absolute atomic E-state index is 0.000252. The molecular formula is C13H14N4O2. The lowest BCUT2D eigenvalue weighted by Crippen LogP contribution is -2.39. The second-order valence-corrected chi connectivity index (χ2v) is 3.92. The van der Waals surface area contributed by atoms with Crippen LogP contribution in [0.2, 0.25) is 0 Å². The van der Waals surface area contributed by atoms with E-state index in [1.54, 1.807) is 12.4 Å². The number of carbonyl (C=O) groups is 2. The van der Waals surface area contributed by atoms with Crippen molar-refractivity contribution in [2.24, 2.45) is 0 Å². The molecule has 6 nitrogen and oxygen atoms in total. The van der Waals surface area contributed by atoms with Gasteiger partial charge in [0.1, 0.15) is 6.54 Å². The van der Waals surface area contributed by atoms with Crippen LogP contribution in [-0.4, -0.2) is 28.8 Å². The summed E-state index contributed by atoms with van der Waals surface area (Å²) in [6, 6.07) is 9.21. The Hall–Kier alpha value is -2.63. The highest BCUT2D eigenvalue weighted by Crippen LogP contribution is 2.17. The Morgan fingerprint density at radius 2 is 1.95 bits per heavy atom. The number of urea groups is 1. The lowest BCUT2D eigenvalue weighted by Gasteiger charge is -2.02. The summed E-state index contributed by atoms with van der Waals surface area (Å²) in [7, 11) is 1.45. The zero-order valence-corrected chi connectivity index (χ0v) is 10.5. The Balaban J connectivity index is 2.02. The molecule has 1 aromatic carbocycles. The van der Waals surface area contributed by atoms with Crippen molar-refractivity contribution in [1.29, 1.82) is 0 Å². The van der Waals surface area contributed by atoms with Gasteiger partial charge < -0.3 is 5.32 Å². The van der Waals surface area contributed by atoms with Crippen LogP contribution in [0, 0.1) is 0 Å². The van der Waals surface area contributed by atoms with E-state index in [0.717, 1.165) is 11.1 Å². The third-order valence-corrected chi connectivity index (χ3v) is 2.53. The first-order valence-electron chi connectivity index (χ1n) is 5.78. The standard InChI is InChI=1S/C13H14N4O2/c1-14-13(19)16-12(18)9-17-8-11(7-15-17)10-5-3-2-4-6-10/h2-8H,9H2,1H3,(H2,14,16,18,19). The van der Waals surface area contributed by atoms with Gasteiger partial charge in [-0.25, -0.2) is 4.79 Å². The van der Waals surface area contributed by atoms with Crippen molar-refractivity contribution in [2.75, 3.05) is 7.05 Å². The molecule has 0 aliphatic carbocycles. The number of rotatable bonds is 3. The number of hydrogen-bond donors (Lipinski definition) is 2. The summed E-state index contributed by atoms with van der Waals surface area (Å²) < 4.78 is 1.49. The van der Waals surface area contributed by atoms with Crippen molar-refractivity contribution in [3.63, 3.8) is 0 Å². The molecule has 1 aromatic heterocycles. The number of nitrogens with one attached hydrogen (secondary N) is 2. The first-order chi connectivity index (χ1) is 9.19. The van der Waals surface area contributed by atoms with E-state index in [1.165, 1.54) is 11.7 Å². The summed E-state index contributed by atoms with van der Waals surface area (Å²) in [5, 5.41) is 8.58. The van der Waals surface area contributed by atoms with Gasteiger partial charge >= 0.3 is 6.03 Å². The Bertz CT molecular complexity index is 577. The van der Waals surface area contributed by atoms with Crippen molar-refractivity contribution in [3.8, 4) is 11.1 Å². The van der Waals surface area contributed by atoms with Gasteiger partial charge in [-0.15, -0.1) is 0 Å². The molecule has 0 fully saturated rings. The minimum atomic E-state index is -0.527. The summed E-state index contributed by atoms with van der Waals surface area (Å²) in [6.07, 6.45) is 3.45. The van der Waals surface area contributed by atoms with E-state index >= 15 is 0 Å². The predicted molar refractivity (Wildman–Crippen MR) is 70.3 cm³/mol. The zero-order valence-electron chi connectivity index (χ0n) is 10.5. The zero-order chi connectivity index (χ0) is 13.7. The van der Waals surface area contributed by atoms with E-state index in [2.05, 4.69) is 15.7 Å². The first-order valence-corrected chi connectivity index (χ1v) is 5.78. The molecule has 0 aliphatic heterocycles. The number of hydrogen-bond acceptors (Lipinski definition) is 3. The number of imide groups is 1. The van der Waals surface area contributed by atoms with Gasteiger partial charge in [0.05, 0.1) is 6.20 Å². The van der Waals surface area contributed by atoms with Crippen LogP contribution >= 0.6 is 0 Å². The highest BCUT2D eigenvalue weighted by molar-refractivity contribution is 5.93. The Morgan fingerprint density at radius 1 is 1.21 bits per heavy atom. The molecule has 0 unspecified atom stereocenters. The van der Waals surface area contributed by atoms with Crippen LogP contribution in [0.25, 0.3) is 11.1 Å². The third-order valence-electron chi connectivity index (χ3n) is 2.53. The van der Waals surface area contributed by atoms with E-state index in [9.17, 15) is 9.59 Å². The fourth-order valence-corrected chi connectivity index (χ4v) is 1.61. The van der Waals surface area contributed by atoms with Crippen LogP contribution in [0.15, 0.2) is 42.7 Å². The molecule has 0 aliphatic rings. The monoisotopic (exact) mass is 258 g/mol. The summed E-state index contributed by atoms with van der Waals surface area (Å²) in [5.74, 6) is -0.415. The fraction of sp³-hybridized carbons (Fsp3) is 0.154. The summed E-state index contributed by atoms with van der Waals surface area (Å²) in [5.41, 5.74) is 1.95. The highest BCUT2D eigenvalue weighted by atomic mass is 16.2. The van der Waals surface area contributed by atoms with Gasteiger partial charge in [0.15, 0.2) is 0 Å². The molecule has 6 heteroatoms. The summed E-state index contributed by atoms with van der Waals surface area (Å²) in [4.78, 5) is 22.5.